The summed E-state index contributed by atoms with van der Waals surface area (Å²) in [6, 6.07) is 7.19. The van der Waals surface area contributed by atoms with Gasteiger partial charge < -0.3 is 29.7 Å². The number of methoxy groups -OCH3 is 2. The lowest BCUT2D eigenvalue weighted by Gasteiger charge is -2.54. The van der Waals surface area contributed by atoms with Gasteiger partial charge in [0.25, 0.3) is 0 Å². The van der Waals surface area contributed by atoms with Gasteiger partial charge in [-0.05, 0) is 24.1 Å². The molecule has 2 aliphatic heterocycles. The molecule has 2 heterocycles. The predicted molar refractivity (Wildman–Crippen MR) is 134 cm³/mol. The van der Waals surface area contributed by atoms with E-state index in [0.717, 1.165) is 0 Å². The predicted octanol–water partition coefficient (Wildman–Crippen LogP) is 2.26. The van der Waals surface area contributed by atoms with Crippen LogP contribution in [0.3, 0.4) is 0 Å². The fourth-order valence-electron chi connectivity index (χ4n) is 7.20. The Morgan fingerprint density at radius 1 is 1.05 bits per heavy atom. The molecule has 3 N–H and O–H groups in total. The number of carbonyl (C=O) groups excluding carboxylic acids is 2. The van der Waals surface area contributed by atoms with E-state index in [2.05, 4.69) is 29.0 Å². The molecule has 1 saturated heterocycles. The van der Waals surface area contributed by atoms with Gasteiger partial charge in [-0.1, -0.05) is 54.9 Å². The number of allylic oxidation sites excluding steroid dienone is 2. The van der Waals surface area contributed by atoms with Gasteiger partial charge in [-0.15, -0.1) is 0 Å². The maximum absolute atomic E-state index is 13.9. The summed E-state index contributed by atoms with van der Waals surface area (Å²) in [5.41, 5.74) is -3.88. The smallest absolute Gasteiger partial charge is 0.216 e. The highest BCUT2D eigenvalue weighted by molar-refractivity contribution is 6.31. The van der Waals surface area contributed by atoms with Crippen molar-refractivity contribution in [2.75, 3.05) is 19.5 Å². The van der Waals surface area contributed by atoms with Crippen LogP contribution < -0.4 is 5.32 Å². The highest BCUT2D eigenvalue weighted by atomic mass is 16.7. The van der Waals surface area contributed by atoms with Crippen molar-refractivity contribution in [1.29, 1.82) is 0 Å². The molecule has 0 aromatic heterocycles. The Labute approximate surface area is 218 Å². The van der Waals surface area contributed by atoms with E-state index < -0.39 is 45.9 Å². The van der Waals surface area contributed by atoms with Crippen molar-refractivity contribution in [2.45, 2.75) is 42.0 Å². The summed E-state index contributed by atoms with van der Waals surface area (Å²) in [6.07, 6.45) is 3.32. The van der Waals surface area contributed by atoms with Crippen LogP contribution in [0.1, 0.15) is 50.8 Å². The Kier molecular flexibility index (Phi) is 4.36. The fraction of sp³-hybridized carbons (Fsp3) is 0.333. The summed E-state index contributed by atoms with van der Waals surface area (Å²) in [4.78, 5) is 27.4. The molecule has 38 heavy (non-hydrogen) atoms. The van der Waals surface area contributed by atoms with Crippen LogP contribution in [-0.2, 0) is 19.8 Å². The standard InChI is InChI=1S/C30H23NO7/c1-16-15-28(36-2,37-3)27(35)13-9-5-4-6-12-21-29(16)30(27,38-29)19-14-20(32)22-23(24(19)31-21)26(34)18-11-8-7-10-17(18)25(22)33/h4-5,7-8,10-11,14,16,21,31-32,35H,15H2,1-3H3/b5-4-. The summed E-state index contributed by atoms with van der Waals surface area (Å²) in [6.45, 7) is 1.95. The summed E-state index contributed by atoms with van der Waals surface area (Å²) >= 11 is 0. The first-order valence-corrected chi connectivity index (χ1v) is 12.3. The van der Waals surface area contributed by atoms with E-state index in [4.69, 9.17) is 14.2 Å². The van der Waals surface area contributed by atoms with Crippen molar-refractivity contribution in [3.05, 3.63) is 70.3 Å². The molecular weight excluding hydrogens is 486 g/mol. The third-order valence-corrected chi connectivity index (χ3v) is 8.86. The SMILES string of the molecule is COC1(OC)CC(C)C23OC24c2cc(O)c5c(c2NC3C#C/C=C\C#CC14O)C(=O)c1ccccc1C5=O. The quantitative estimate of drug-likeness (QED) is 0.209. The largest absolute Gasteiger partial charge is 0.507 e. The van der Waals surface area contributed by atoms with Crippen molar-refractivity contribution in [2.24, 2.45) is 5.92 Å². The number of anilines is 1. The van der Waals surface area contributed by atoms with Gasteiger partial charge in [0.05, 0.1) is 16.8 Å². The molecule has 3 aliphatic carbocycles. The van der Waals surface area contributed by atoms with Crippen LogP contribution in [0.2, 0.25) is 0 Å². The van der Waals surface area contributed by atoms with E-state index in [1.165, 1.54) is 26.4 Å². The molecular formula is C30H23NO7. The van der Waals surface area contributed by atoms with Gasteiger partial charge in [0.1, 0.15) is 17.4 Å². The monoisotopic (exact) mass is 509 g/mol. The van der Waals surface area contributed by atoms with E-state index in [0.29, 0.717) is 5.56 Å². The highest BCUT2D eigenvalue weighted by Crippen LogP contribution is 2.76. The zero-order chi connectivity index (χ0) is 26.7. The summed E-state index contributed by atoms with van der Waals surface area (Å²) in [5.74, 6) is 8.77. The molecule has 5 atom stereocenters. The van der Waals surface area contributed by atoms with Crippen LogP contribution in [0.25, 0.3) is 0 Å². The zero-order valence-corrected chi connectivity index (χ0v) is 20.8. The maximum Gasteiger partial charge on any atom is 0.216 e. The number of phenolic OH excluding ortho intramolecular Hbond substituents is 1. The number of aromatic hydroxyl groups is 1. The number of hydrogen-bond acceptors (Lipinski definition) is 8. The summed E-state index contributed by atoms with van der Waals surface area (Å²) in [5, 5.41) is 27.2. The summed E-state index contributed by atoms with van der Waals surface area (Å²) in [7, 11) is 2.86. The van der Waals surface area contributed by atoms with Crippen LogP contribution in [-0.4, -0.2) is 59.0 Å². The van der Waals surface area contributed by atoms with Crippen LogP contribution >= 0.6 is 0 Å². The number of aliphatic hydroxyl groups is 1. The van der Waals surface area contributed by atoms with E-state index >= 15 is 0 Å². The van der Waals surface area contributed by atoms with Gasteiger partial charge in [0.15, 0.2) is 17.2 Å². The minimum atomic E-state index is -2.09. The molecule has 4 bridgehead atoms. The van der Waals surface area contributed by atoms with Gasteiger partial charge >= 0.3 is 0 Å². The van der Waals surface area contributed by atoms with E-state index in [9.17, 15) is 19.8 Å². The fourth-order valence-corrected chi connectivity index (χ4v) is 7.20. The van der Waals surface area contributed by atoms with Gasteiger partial charge in [-0.3, -0.25) is 9.59 Å². The number of epoxide rings is 1. The van der Waals surface area contributed by atoms with Crippen LogP contribution in [0, 0.1) is 29.6 Å². The Hall–Kier alpha value is -3.92. The molecule has 2 aromatic carbocycles. The zero-order valence-electron chi connectivity index (χ0n) is 20.8. The summed E-state index contributed by atoms with van der Waals surface area (Å²) < 4.78 is 18.4. The first-order chi connectivity index (χ1) is 18.2. The number of fused-ring (bicyclic) bond motifs is 4. The average molecular weight is 510 g/mol. The first-order valence-electron chi connectivity index (χ1n) is 12.3. The van der Waals surface area contributed by atoms with E-state index in [-0.39, 0.29) is 40.3 Å². The Morgan fingerprint density at radius 3 is 2.39 bits per heavy atom. The molecule has 5 unspecified atom stereocenters. The lowest BCUT2D eigenvalue weighted by Crippen LogP contribution is -2.72. The Bertz CT molecular complexity index is 1650. The van der Waals surface area contributed by atoms with Crippen LogP contribution in [0.15, 0.2) is 42.5 Å². The van der Waals surface area contributed by atoms with E-state index in [1.807, 2.05) is 6.92 Å². The van der Waals surface area contributed by atoms with Gasteiger partial charge in [-0.2, -0.15) is 0 Å². The molecule has 190 valence electrons. The normalized spacial score (nSPS) is 34.9. The molecule has 7 rings (SSSR count). The number of nitrogens with one attached hydrogen (secondary N) is 1. The van der Waals surface area contributed by atoms with Crippen molar-refractivity contribution < 1.29 is 34.0 Å². The van der Waals surface area contributed by atoms with Crippen molar-refractivity contribution in [3.63, 3.8) is 0 Å². The second-order valence-electron chi connectivity index (χ2n) is 10.3. The first kappa shape index (κ1) is 23.2. The Balaban J connectivity index is 1.60. The molecule has 2 aromatic rings. The third kappa shape index (κ3) is 2.26. The molecule has 2 fully saturated rings. The molecule has 0 amide bonds. The maximum atomic E-state index is 13.9. The van der Waals surface area contributed by atoms with Crippen molar-refractivity contribution in [1.82, 2.24) is 0 Å². The molecule has 8 nitrogen and oxygen atoms in total. The second kappa shape index (κ2) is 7.13. The minimum Gasteiger partial charge on any atom is -0.507 e. The second-order valence-corrected chi connectivity index (χ2v) is 10.3. The average Bonchev–Trinajstić information content (AvgIpc) is 3.66. The number of rotatable bonds is 2. The van der Waals surface area contributed by atoms with Gasteiger partial charge in [0.2, 0.25) is 11.4 Å². The van der Waals surface area contributed by atoms with Crippen molar-refractivity contribution in [3.8, 4) is 29.4 Å². The topological polar surface area (TPSA) is 118 Å². The Morgan fingerprint density at radius 2 is 1.71 bits per heavy atom. The molecule has 0 spiro atoms. The number of hydrogen-bond donors (Lipinski definition) is 3. The lowest BCUT2D eigenvalue weighted by atomic mass is 9.55. The molecule has 5 aliphatic rings. The third-order valence-electron chi connectivity index (χ3n) is 8.86. The molecule has 0 radical (unpaired) electrons. The van der Waals surface area contributed by atoms with Crippen LogP contribution in [0.4, 0.5) is 5.69 Å². The number of ether oxygens (including phenoxy) is 3. The van der Waals surface area contributed by atoms with Crippen LogP contribution in [0.5, 0.6) is 5.75 Å². The minimum absolute atomic E-state index is 0.00976. The number of phenols is 1. The van der Waals surface area contributed by atoms with Gasteiger partial charge in [-0.25, -0.2) is 0 Å². The molecule has 8 heteroatoms. The lowest BCUT2D eigenvalue weighted by molar-refractivity contribution is -0.316. The number of carbonyl (C=O) groups is 2. The molecule has 1 saturated carbocycles. The highest BCUT2D eigenvalue weighted by Gasteiger charge is 2.92. The number of ketones is 2. The van der Waals surface area contributed by atoms with Crippen molar-refractivity contribution >= 4 is 17.3 Å². The number of benzene rings is 2. The van der Waals surface area contributed by atoms with E-state index in [1.54, 1.807) is 30.3 Å². The van der Waals surface area contributed by atoms with Gasteiger partial charge in [0, 0.05) is 37.3 Å².